The summed E-state index contributed by atoms with van der Waals surface area (Å²) in [6.07, 6.45) is 2.12. The van der Waals surface area contributed by atoms with Gasteiger partial charge >= 0.3 is 5.97 Å². The molecule has 2 rings (SSSR count). The van der Waals surface area contributed by atoms with Gasteiger partial charge in [0, 0.05) is 0 Å². The third kappa shape index (κ3) is 4.20. The SMILES string of the molecule is COC(=O)C1(NC(=O)C(C)Oc2ccccc2Cl)CCC(C)CC1. The van der Waals surface area contributed by atoms with Crippen molar-refractivity contribution in [2.45, 2.75) is 51.2 Å². The summed E-state index contributed by atoms with van der Waals surface area (Å²) in [5, 5.41) is 3.30. The molecule has 132 valence electrons. The van der Waals surface area contributed by atoms with E-state index in [-0.39, 0.29) is 5.91 Å². The molecule has 0 saturated heterocycles. The second-order valence-electron chi connectivity index (χ2n) is 6.44. The van der Waals surface area contributed by atoms with Crippen molar-refractivity contribution >= 4 is 23.5 Å². The van der Waals surface area contributed by atoms with E-state index in [1.807, 2.05) is 0 Å². The topological polar surface area (TPSA) is 64.6 Å². The van der Waals surface area contributed by atoms with Crippen LogP contribution in [-0.2, 0) is 14.3 Å². The van der Waals surface area contributed by atoms with E-state index in [1.54, 1.807) is 31.2 Å². The number of hydrogen-bond donors (Lipinski definition) is 1. The van der Waals surface area contributed by atoms with Crippen LogP contribution in [0.15, 0.2) is 24.3 Å². The molecule has 0 bridgehead atoms. The number of methoxy groups -OCH3 is 1. The average Bonchev–Trinajstić information content (AvgIpc) is 2.58. The third-order valence-electron chi connectivity index (χ3n) is 4.58. The van der Waals surface area contributed by atoms with E-state index in [9.17, 15) is 9.59 Å². The quantitative estimate of drug-likeness (QED) is 0.824. The highest BCUT2D eigenvalue weighted by molar-refractivity contribution is 6.32. The lowest BCUT2D eigenvalue weighted by molar-refractivity contribution is -0.154. The Morgan fingerprint density at radius 1 is 1.29 bits per heavy atom. The standard InChI is InChI=1S/C18H24ClNO4/c1-12-8-10-18(11-9-12,17(22)23-3)20-16(21)13(2)24-15-7-5-4-6-14(15)19/h4-7,12-13H,8-11H2,1-3H3,(H,20,21). The number of carbonyl (C=O) groups excluding carboxylic acids is 2. The first-order valence-corrected chi connectivity index (χ1v) is 8.57. The number of hydrogen-bond acceptors (Lipinski definition) is 4. The van der Waals surface area contributed by atoms with E-state index in [0.29, 0.717) is 29.5 Å². The molecule has 24 heavy (non-hydrogen) atoms. The van der Waals surface area contributed by atoms with Gasteiger partial charge in [-0.15, -0.1) is 0 Å². The van der Waals surface area contributed by atoms with Gasteiger partial charge in [0.25, 0.3) is 5.91 Å². The number of rotatable bonds is 5. The Labute approximate surface area is 147 Å². The summed E-state index contributed by atoms with van der Waals surface area (Å²) in [5.41, 5.74) is -0.962. The number of esters is 1. The molecule has 1 unspecified atom stereocenters. The zero-order valence-corrected chi connectivity index (χ0v) is 15.1. The molecule has 0 spiro atoms. The first kappa shape index (κ1) is 18.6. The second kappa shape index (κ2) is 7.88. The fourth-order valence-corrected chi connectivity index (χ4v) is 3.13. The smallest absolute Gasteiger partial charge is 0.331 e. The molecule has 1 aliphatic carbocycles. The number of amides is 1. The van der Waals surface area contributed by atoms with E-state index in [4.69, 9.17) is 21.1 Å². The predicted molar refractivity (Wildman–Crippen MR) is 92.1 cm³/mol. The van der Waals surface area contributed by atoms with Crippen LogP contribution >= 0.6 is 11.6 Å². The summed E-state index contributed by atoms with van der Waals surface area (Å²) in [6, 6.07) is 6.96. The maximum absolute atomic E-state index is 12.5. The molecule has 0 radical (unpaired) electrons. The number of para-hydroxylation sites is 1. The van der Waals surface area contributed by atoms with E-state index in [2.05, 4.69) is 12.2 Å². The molecule has 0 heterocycles. The summed E-state index contributed by atoms with van der Waals surface area (Å²) < 4.78 is 10.6. The highest BCUT2D eigenvalue weighted by Gasteiger charge is 2.44. The van der Waals surface area contributed by atoms with Crippen molar-refractivity contribution < 1.29 is 19.1 Å². The van der Waals surface area contributed by atoms with Crippen LogP contribution in [0.25, 0.3) is 0 Å². The molecule has 1 amide bonds. The third-order valence-corrected chi connectivity index (χ3v) is 4.89. The van der Waals surface area contributed by atoms with Crippen molar-refractivity contribution in [3.8, 4) is 5.75 Å². The molecule has 1 aromatic carbocycles. The Morgan fingerprint density at radius 2 is 1.92 bits per heavy atom. The zero-order valence-electron chi connectivity index (χ0n) is 14.3. The fraction of sp³-hybridized carbons (Fsp3) is 0.556. The number of ether oxygens (including phenoxy) is 2. The lowest BCUT2D eigenvalue weighted by atomic mass is 9.77. The molecule has 1 N–H and O–H groups in total. The predicted octanol–water partition coefficient (Wildman–Crippen LogP) is 3.35. The Hall–Kier alpha value is -1.75. The minimum Gasteiger partial charge on any atom is -0.479 e. The normalized spacial score (nSPS) is 24.8. The van der Waals surface area contributed by atoms with Gasteiger partial charge in [0.15, 0.2) is 6.10 Å². The molecule has 1 aliphatic rings. The summed E-state index contributed by atoms with van der Waals surface area (Å²) in [5.74, 6) is 0.227. The Bertz CT molecular complexity index is 596. The molecular weight excluding hydrogens is 330 g/mol. The minimum atomic E-state index is -0.962. The van der Waals surface area contributed by atoms with Crippen molar-refractivity contribution in [3.63, 3.8) is 0 Å². The highest BCUT2D eigenvalue weighted by atomic mass is 35.5. The molecule has 1 atom stereocenters. The van der Waals surface area contributed by atoms with Crippen LogP contribution < -0.4 is 10.1 Å². The molecule has 0 aromatic heterocycles. The Balaban J connectivity index is 2.07. The van der Waals surface area contributed by atoms with E-state index in [0.717, 1.165) is 12.8 Å². The van der Waals surface area contributed by atoms with Gasteiger partial charge in [-0.3, -0.25) is 4.79 Å². The van der Waals surface area contributed by atoms with Crippen LogP contribution in [-0.4, -0.2) is 30.6 Å². The Morgan fingerprint density at radius 3 is 2.50 bits per heavy atom. The number of benzene rings is 1. The number of halogens is 1. The average molecular weight is 354 g/mol. The zero-order chi connectivity index (χ0) is 17.7. The minimum absolute atomic E-state index is 0.352. The van der Waals surface area contributed by atoms with E-state index < -0.39 is 17.6 Å². The number of carbonyl (C=O) groups is 2. The molecule has 6 heteroatoms. The van der Waals surface area contributed by atoms with Gasteiger partial charge in [-0.05, 0) is 50.7 Å². The Kier molecular flexibility index (Phi) is 6.10. The van der Waals surface area contributed by atoms with Crippen LogP contribution in [0.3, 0.4) is 0 Å². The lowest BCUT2D eigenvalue weighted by Crippen LogP contribution is -2.59. The lowest BCUT2D eigenvalue weighted by Gasteiger charge is -2.38. The summed E-state index contributed by atoms with van der Waals surface area (Å²) in [6.45, 7) is 3.78. The second-order valence-corrected chi connectivity index (χ2v) is 6.84. The van der Waals surface area contributed by atoms with Crippen molar-refractivity contribution in [3.05, 3.63) is 29.3 Å². The molecule has 0 aliphatic heterocycles. The molecular formula is C18H24ClNO4. The van der Waals surface area contributed by atoms with E-state index >= 15 is 0 Å². The molecule has 5 nitrogen and oxygen atoms in total. The van der Waals surface area contributed by atoms with Crippen molar-refractivity contribution in [1.29, 1.82) is 0 Å². The van der Waals surface area contributed by atoms with Gasteiger partial charge in [-0.25, -0.2) is 4.79 Å². The maximum Gasteiger partial charge on any atom is 0.331 e. The monoisotopic (exact) mass is 353 g/mol. The number of nitrogens with one attached hydrogen (secondary N) is 1. The summed E-state index contributed by atoms with van der Waals surface area (Å²) in [7, 11) is 1.35. The molecule has 1 saturated carbocycles. The highest BCUT2D eigenvalue weighted by Crippen LogP contribution is 2.33. The largest absolute Gasteiger partial charge is 0.479 e. The maximum atomic E-state index is 12.5. The molecule has 1 aromatic rings. The summed E-state index contributed by atoms with van der Waals surface area (Å²) in [4.78, 5) is 24.8. The van der Waals surface area contributed by atoms with Crippen LogP contribution in [0, 0.1) is 5.92 Å². The van der Waals surface area contributed by atoms with Crippen molar-refractivity contribution in [2.24, 2.45) is 5.92 Å². The van der Waals surface area contributed by atoms with Gasteiger partial charge in [0.05, 0.1) is 12.1 Å². The molecule has 1 fully saturated rings. The van der Waals surface area contributed by atoms with Crippen LogP contribution in [0.2, 0.25) is 5.02 Å². The first-order valence-electron chi connectivity index (χ1n) is 8.19. The van der Waals surface area contributed by atoms with Gasteiger partial charge in [0.2, 0.25) is 0 Å². The van der Waals surface area contributed by atoms with Gasteiger partial charge in [0.1, 0.15) is 11.3 Å². The van der Waals surface area contributed by atoms with Gasteiger partial charge in [-0.2, -0.15) is 0 Å². The fourth-order valence-electron chi connectivity index (χ4n) is 2.95. The van der Waals surface area contributed by atoms with Crippen LogP contribution in [0.5, 0.6) is 5.75 Å². The van der Waals surface area contributed by atoms with Gasteiger partial charge < -0.3 is 14.8 Å². The van der Waals surface area contributed by atoms with Crippen LogP contribution in [0.4, 0.5) is 0 Å². The first-order chi connectivity index (χ1) is 11.4. The van der Waals surface area contributed by atoms with Gasteiger partial charge in [-0.1, -0.05) is 30.7 Å². The van der Waals surface area contributed by atoms with Crippen molar-refractivity contribution in [1.82, 2.24) is 5.32 Å². The van der Waals surface area contributed by atoms with Crippen molar-refractivity contribution in [2.75, 3.05) is 7.11 Å². The summed E-state index contributed by atoms with van der Waals surface area (Å²) >= 11 is 6.05. The van der Waals surface area contributed by atoms with Crippen LogP contribution in [0.1, 0.15) is 39.5 Å². The van der Waals surface area contributed by atoms with E-state index in [1.165, 1.54) is 7.11 Å².